The predicted molar refractivity (Wildman–Crippen MR) is 139 cm³/mol. The number of fused-ring (bicyclic) bond motifs is 1. The first-order valence-electron chi connectivity index (χ1n) is 11.3. The van der Waals surface area contributed by atoms with Crippen LogP contribution in [0.2, 0.25) is 0 Å². The molecule has 3 N–H and O–H groups in total. The Hall–Kier alpha value is -2.40. The lowest BCUT2D eigenvalue weighted by molar-refractivity contribution is 0.0597. The number of hydrogen-bond acceptors (Lipinski definition) is 6. The number of amides is 1. The summed E-state index contributed by atoms with van der Waals surface area (Å²) in [5, 5.41) is 8.09. The van der Waals surface area contributed by atoms with Crippen molar-refractivity contribution >= 4 is 51.7 Å². The van der Waals surface area contributed by atoms with Gasteiger partial charge in [-0.3, -0.25) is 0 Å². The van der Waals surface area contributed by atoms with Crippen LogP contribution < -0.4 is 16.0 Å². The average Bonchev–Trinajstić information content (AvgIpc) is 3.19. The van der Waals surface area contributed by atoms with Crippen molar-refractivity contribution in [2.75, 3.05) is 10.2 Å². The van der Waals surface area contributed by atoms with E-state index in [1.54, 1.807) is 15.6 Å². The van der Waals surface area contributed by atoms with Gasteiger partial charge in [0.2, 0.25) is 0 Å². The summed E-state index contributed by atoms with van der Waals surface area (Å²) in [4.78, 5) is 19.9. The number of rotatable bonds is 4. The highest BCUT2D eigenvalue weighted by atomic mass is 127. The van der Waals surface area contributed by atoms with Crippen molar-refractivity contribution in [3.8, 4) is 0 Å². The molecule has 8 nitrogen and oxygen atoms in total. The molecule has 4 rings (SSSR count). The molecular weight excluding hydrogens is 531 g/mol. The fourth-order valence-electron chi connectivity index (χ4n) is 4.10. The third kappa shape index (κ3) is 5.40. The summed E-state index contributed by atoms with van der Waals surface area (Å²) in [5.41, 5.74) is 7.63. The minimum absolute atomic E-state index is 0.271. The van der Waals surface area contributed by atoms with Gasteiger partial charge in [-0.2, -0.15) is 9.61 Å². The van der Waals surface area contributed by atoms with E-state index in [1.807, 2.05) is 58.0 Å². The molecule has 0 spiro atoms. The SMILES string of the molecule is Cc1c(N[C@H]2CC[C@H](N)CC2)nc2ccnn2c1N(C(=O)OC(C)(C)C)c1cccc(I)c1. The van der Waals surface area contributed by atoms with E-state index >= 15 is 0 Å². The van der Waals surface area contributed by atoms with Gasteiger partial charge < -0.3 is 15.8 Å². The van der Waals surface area contributed by atoms with E-state index in [9.17, 15) is 4.79 Å². The molecule has 0 unspecified atom stereocenters. The molecular formula is C24H31IN6O2. The van der Waals surface area contributed by atoms with Gasteiger partial charge in [0, 0.05) is 27.3 Å². The van der Waals surface area contributed by atoms with Crippen LogP contribution in [0, 0.1) is 10.5 Å². The van der Waals surface area contributed by atoms with Crippen LogP contribution >= 0.6 is 22.6 Å². The summed E-state index contributed by atoms with van der Waals surface area (Å²) in [6.07, 6.45) is 5.20. The molecule has 9 heteroatoms. The number of nitrogens with two attached hydrogens (primary N) is 1. The van der Waals surface area contributed by atoms with Crippen LogP contribution in [0.4, 0.5) is 22.1 Å². The minimum atomic E-state index is -0.649. The predicted octanol–water partition coefficient (Wildman–Crippen LogP) is 5.40. The van der Waals surface area contributed by atoms with Gasteiger partial charge in [-0.15, -0.1) is 0 Å². The molecule has 2 heterocycles. The second kappa shape index (κ2) is 9.46. The number of halogens is 1. The summed E-state index contributed by atoms with van der Waals surface area (Å²) in [6, 6.07) is 10.2. The standard InChI is InChI=1S/C24H31IN6O2/c1-15-21(28-18-10-8-17(26)9-11-18)29-20-12-13-27-31(20)22(15)30(23(32)33-24(2,3)4)19-7-5-6-16(25)14-19/h5-7,12-14,17-18H,8-11,26H2,1-4H3,(H,28,29)/t17-,18-. The highest BCUT2D eigenvalue weighted by Gasteiger charge is 2.30. The highest BCUT2D eigenvalue weighted by Crippen LogP contribution is 2.35. The lowest BCUT2D eigenvalue weighted by Gasteiger charge is -2.31. The zero-order chi connectivity index (χ0) is 23.8. The van der Waals surface area contributed by atoms with Gasteiger partial charge in [0.1, 0.15) is 11.4 Å². The van der Waals surface area contributed by atoms with Crippen molar-refractivity contribution in [1.29, 1.82) is 0 Å². The maximum atomic E-state index is 13.5. The monoisotopic (exact) mass is 562 g/mol. The van der Waals surface area contributed by atoms with Crippen molar-refractivity contribution in [3.63, 3.8) is 0 Å². The Morgan fingerprint density at radius 3 is 2.64 bits per heavy atom. The molecule has 33 heavy (non-hydrogen) atoms. The number of anilines is 3. The highest BCUT2D eigenvalue weighted by molar-refractivity contribution is 14.1. The number of benzene rings is 1. The normalized spacial score (nSPS) is 18.8. The number of hydrogen-bond donors (Lipinski definition) is 2. The topological polar surface area (TPSA) is 97.8 Å². The maximum Gasteiger partial charge on any atom is 0.420 e. The molecule has 1 aromatic carbocycles. The lowest BCUT2D eigenvalue weighted by Crippen LogP contribution is -2.36. The Kier molecular flexibility index (Phi) is 6.81. The van der Waals surface area contributed by atoms with Crippen LogP contribution in [-0.2, 0) is 4.74 Å². The van der Waals surface area contributed by atoms with Crippen LogP contribution in [0.1, 0.15) is 52.0 Å². The fourth-order valence-corrected chi connectivity index (χ4v) is 4.63. The molecule has 1 saturated carbocycles. The Morgan fingerprint density at radius 1 is 1.24 bits per heavy atom. The van der Waals surface area contributed by atoms with Crippen molar-refractivity contribution in [1.82, 2.24) is 14.6 Å². The number of carbonyl (C=O) groups excluding carboxylic acids is 1. The molecule has 0 aliphatic heterocycles. The van der Waals surface area contributed by atoms with E-state index in [4.69, 9.17) is 15.5 Å². The first-order chi connectivity index (χ1) is 15.6. The second-order valence-corrected chi connectivity index (χ2v) is 10.8. The van der Waals surface area contributed by atoms with E-state index in [2.05, 4.69) is 33.0 Å². The number of aromatic nitrogens is 3. The molecule has 3 aromatic rings. The maximum absolute atomic E-state index is 13.5. The Morgan fingerprint density at radius 2 is 1.97 bits per heavy atom. The first kappa shape index (κ1) is 23.7. The number of nitrogens with zero attached hydrogens (tertiary/aromatic N) is 4. The van der Waals surface area contributed by atoms with Gasteiger partial charge in [0.05, 0.1) is 11.9 Å². The summed E-state index contributed by atoms with van der Waals surface area (Å²) in [5.74, 6) is 1.36. The lowest BCUT2D eigenvalue weighted by atomic mass is 9.92. The number of ether oxygens (including phenoxy) is 1. The van der Waals surface area contributed by atoms with Crippen LogP contribution in [0.5, 0.6) is 0 Å². The first-order valence-corrected chi connectivity index (χ1v) is 12.4. The molecule has 176 valence electrons. The Labute approximate surface area is 208 Å². The third-order valence-electron chi connectivity index (χ3n) is 5.71. The molecule has 0 saturated heterocycles. The van der Waals surface area contributed by atoms with E-state index in [-0.39, 0.29) is 6.04 Å². The molecule has 1 fully saturated rings. The summed E-state index contributed by atoms with van der Waals surface area (Å²) in [6.45, 7) is 7.55. The quantitative estimate of drug-likeness (QED) is 0.414. The molecule has 1 amide bonds. The Balaban J connectivity index is 1.83. The van der Waals surface area contributed by atoms with Crippen molar-refractivity contribution in [3.05, 3.63) is 45.7 Å². The van der Waals surface area contributed by atoms with Gasteiger partial charge in [-0.05, 0) is 94.2 Å². The van der Waals surface area contributed by atoms with E-state index in [0.29, 0.717) is 23.2 Å². The third-order valence-corrected chi connectivity index (χ3v) is 6.38. The molecule has 0 radical (unpaired) electrons. The van der Waals surface area contributed by atoms with E-state index < -0.39 is 11.7 Å². The average molecular weight is 562 g/mol. The van der Waals surface area contributed by atoms with E-state index in [1.165, 1.54) is 0 Å². The van der Waals surface area contributed by atoms with Crippen molar-refractivity contribution in [2.45, 2.75) is 71.1 Å². The van der Waals surface area contributed by atoms with Gasteiger partial charge in [-0.25, -0.2) is 14.7 Å². The number of nitrogens with one attached hydrogen (secondary N) is 1. The molecule has 1 aliphatic rings. The van der Waals surface area contributed by atoms with Crippen molar-refractivity contribution in [2.24, 2.45) is 5.73 Å². The van der Waals surface area contributed by atoms with Crippen LogP contribution in [0.3, 0.4) is 0 Å². The van der Waals surface area contributed by atoms with E-state index in [0.717, 1.165) is 40.6 Å². The number of carbonyl (C=O) groups is 1. The van der Waals surface area contributed by atoms with Crippen molar-refractivity contribution < 1.29 is 9.53 Å². The molecule has 2 aromatic heterocycles. The zero-order valence-electron chi connectivity index (χ0n) is 19.5. The van der Waals surface area contributed by atoms with Crippen LogP contribution in [-0.4, -0.2) is 38.4 Å². The second-order valence-electron chi connectivity index (χ2n) is 9.56. The minimum Gasteiger partial charge on any atom is -0.443 e. The Bertz CT molecular complexity index is 1150. The molecule has 0 atom stereocenters. The summed E-state index contributed by atoms with van der Waals surface area (Å²) in [7, 11) is 0. The van der Waals surface area contributed by atoms with Crippen LogP contribution in [0.25, 0.3) is 5.65 Å². The fraction of sp³-hybridized carbons (Fsp3) is 0.458. The molecule has 1 aliphatic carbocycles. The summed E-state index contributed by atoms with van der Waals surface area (Å²) < 4.78 is 8.53. The van der Waals surface area contributed by atoms with Gasteiger partial charge >= 0.3 is 6.09 Å². The van der Waals surface area contributed by atoms with Gasteiger partial charge in [0.15, 0.2) is 11.5 Å². The smallest absolute Gasteiger partial charge is 0.420 e. The van der Waals surface area contributed by atoms with Gasteiger partial charge in [-0.1, -0.05) is 6.07 Å². The summed E-state index contributed by atoms with van der Waals surface area (Å²) >= 11 is 2.24. The zero-order valence-corrected chi connectivity index (χ0v) is 21.7. The largest absolute Gasteiger partial charge is 0.443 e. The molecule has 0 bridgehead atoms. The van der Waals surface area contributed by atoms with Gasteiger partial charge in [0.25, 0.3) is 0 Å². The van der Waals surface area contributed by atoms with Crippen LogP contribution in [0.15, 0.2) is 36.5 Å².